The molecule has 0 unspecified atom stereocenters. The second kappa shape index (κ2) is 11.5. The summed E-state index contributed by atoms with van der Waals surface area (Å²) >= 11 is 0. The van der Waals surface area contributed by atoms with Crippen molar-refractivity contribution in [1.82, 2.24) is 0 Å². The van der Waals surface area contributed by atoms with Gasteiger partial charge in [0.2, 0.25) is 13.1 Å². The predicted octanol–water partition coefficient (Wildman–Crippen LogP) is 4.92. The van der Waals surface area contributed by atoms with Crippen molar-refractivity contribution in [3.8, 4) is 0 Å². The van der Waals surface area contributed by atoms with E-state index in [4.69, 9.17) is 0 Å². The van der Waals surface area contributed by atoms with Gasteiger partial charge in [0.25, 0.3) is 0 Å². The van der Waals surface area contributed by atoms with E-state index in [2.05, 4.69) is 13.2 Å². The molecule has 0 saturated heterocycles. The maximum Gasteiger partial charge on any atom is 0.206 e. The van der Waals surface area contributed by atoms with E-state index in [0.717, 1.165) is 25.7 Å². The van der Waals surface area contributed by atoms with Gasteiger partial charge >= 0.3 is 0 Å². The van der Waals surface area contributed by atoms with Crippen LogP contribution in [0, 0.1) is 54.7 Å². The molecule has 2 saturated carbocycles. The van der Waals surface area contributed by atoms with Gasteiger partial charge in [0.15, 0.2) is 0 Å². The first-order chi connectivity index (χ1) is 14.8. The standard InChI is InChI=1S/2C12H19NO3/c2*1-4-5-11-6-10(8-13(15)16)7-12(11,3)9(2)14/h2*4,10-11H,1,5-8H2,2-3H3/t10-,11+,12+;10-,11-,12-/m10/s1. The number of Topliss-reactive ketones (excluding diaryl/α,β-unsaturated/α-hetero) is 2. The number of ketones is 2. The van der Waals surface area contributed by atoms with Gasteiger partial charge in [-0.2, -0.15) is 0 Å². The highest BCUT2D eigenvalue weighted by atomic mass is 16.6. The second-order valence-electron chi connectivity index (χ2n) is 10.0. The molecule has 0 spiro atoms. The second-order valence-corrected chi connectivity index (χ2v) is 10.0. The van der Waals surface area contributed by atoms with E-state index >= 15 is 0 Å². The maximum absolute atomic E-state index is 11.7. The lowest BCUT2D eigenvalue weighted by Gasteiger charge is -2.27. The summed E-state index contributed by atoms with van der Waals surface area (Å²) in [4.78, 5) is 43.8. The van der Waals surface area contributed by atoms with Gasteiger partial charge in [-0.05, 0) is 64.2 Å². The molecule has 0 heterocycles. The first-order valence-corrected chi connectivity index (χ1v) is 11.3. The van der Waals surface area contributed by atoms with Gasteiger partial charge in [0, 0.05) is 32.5 Å². The Labute approximate surface area is 190 Å². The Hall–Kier alpha value is -2.38. The largest absolute Gasteiger partial charge is 0.299 e. The van der Waals surface area contributed by atoms with Crippen LogP contribution in [0.5, 0.6) is 0 Å². The van der Waals surface area contributed by atoms with Crippen LogP contribution in [0.2, 0.25) is 0 Å². The van der Waals surface area contributed by atoms with Gasteiger partial charge in [-0.1, -0.05) is 26.0 Å². The number of allylic oxidation sites excluding steroid dienone is 2. The third kappa shape index (κ3) is 6.81. The zero-order chi connectivity index (χ0) is 24.7. The van der Waals surface area contributed by atoms with Crippen molar-refractivity contribution in [3.63, 3.8) is 0 Å². The number of carbonyl (C=O) groups is 2. The van der Waals surface area contributed by atoms with Crippen LogP contribution >= 0.6 is 0 Å². The van der Waals surface area contributed by atoms with Crippen molar-refractivity contribution >= 4 is 11.6 Å². The zero-order valence-corrected chi connectivity index (χ0v) is 19.9. The molecule has 0 aliphatic heterocycles. The summed E-state index contributed by atoms with van der Waals surface area (Å²) in [5.74, 6) is 0.790. The summed E-state index contributed by atoms with van der Waals surface area (Å²) in [6.07, 6.45) is 7.96. The molecule has 6 atom stereocenters. The van der Waals surface area contributed by atoms with E-state index in [-0.39, 0.29) is 58.2 Å². The van der Waals surface area contributed by atoms with Gasteiger partial charge in [-0.25, -0.2) is 0 Å². The molecule has 2 aliphatic carbocycles. The minimum absolute atomic E-state index is 0.0173. The van der Waals surface area contributed by atoms with Crippen LogP contribution in [0.15, 0.2) is 25.3 Å². The molecular formula is C24H38N2O6. The summed E-state index contributed by atoms with van der Waals surface area (Å²) in [5, 5.41) is 21.0. The lowest BCUT2D eigenvalue weighted by atomic mass is 9.75. The van der Waals surface area contributed by atoms with Crippen LogP contribution in [-0.4, -0.2) is 34.5 Å². The summed E-state index contributed by atoms with van der Waals surface area (Å²) < 4.78 is 0. The van der Waals surface area contributed by atoms with Crippen LogP contribution < -0.4 is 0 Å². The monoisotopic (exact) mass is 450 g/mol. The highest BCUT2D eigenvalue weighted by Crippen LogP contribution is 2.49. The van der Waals surface area contributed by atoms with E-state index in [1.165, 1.54) is 0 Å². The van der Waals surface area contributed by atoms with Crippen molar-refractivity contribution in [1.29, 1.82) is 0 Å². The number of rotatable bonds is 10. The van der Waals surface area contributed by atoms with Gasteiger partial charge in [0.1, 0.15) is 11.6 Å². The van der Waals surface area contributed by atoms with Crippen molar-refractivity contribution in [2.45, 2.75) is 66.2 Å². The summed E-state index contributed by atoms with van der Waals surface area (Å²) in [6, 6.07) is 0. The Morgan fingerprint density at radius 2 is 1.16 bits per heavy atom. The number of hydrogen-bond acceptors (Lipinski definition) is 6. The van der Waals surface area contributed by atoms with Gasteiger partial charge in [0.05, 0.1) is 0 Å². The fourth-order valence-corrected chi connectivity index (χ4v) is 5.70. The molecule has 0 amide bonds. The molecule has 180 valence electrons. The molecule has 0 aromatic heterocycles. The molecule has 32 heavy (non-hydrogen) atoms. The van der Waals surface area contributed by atoms with Gasteiger partial charge in [-0.3, -0.25) is 29.8 Å². The SMILES string of the molecule is C=CC[C@H]1C[C@@H](C[N+](=O)[O-])C[C@@]1(C)C(C)=O.C=CC[C@H]1C[C@H](C[N+](=O)[O-])C[C@@]1(C)C(C)=O. The molecule has 2 fully saturated rings. The first kappa shape index (κ1) is 27.7. The third-order valence-electron chi connectivity index (χ3n) is 7.79. The molecule has 0 aromatic carbocycles. The summed E-state index contributed by atoms with van der Waals surface area (Å²) in [7, 11) is 0. The number of carbonyl (C=O) groups excluding carboxylic acids is 2. The lowest BCUT2D eigenvalue weighted by molar-refractivity contribution is -0.488. The fourth-order valence-electron chi connectivity index (χ4n) is 5.70. The topological polar surface area (TPSA) is 120 Å². The van der Waals surface area contributed by atoms with Crippen molar-refractivity contribution in [2.24, 2.45) is 34.5 Å². The molecular weight excluding hydrogens is 412 g/mol. The molecule has 0 bridgehead atoms. The Kier molecular flexibility index (Phi) is 9.92. The minimum Gasteiger partial charge on any atom is -0.299 e. The van der Waals surface area contributed by atoms with E-state index in [1.807, 2.05) is 13.8 Å². The maximum atomic E-state index is 11.7. The molecule has 8 nitrogen and oxygen atoms in total. The Morgan fingerprint density at radius 1 is 0.844 bits per heavy atom. The molecule has 0 N–H and O–H groups in total. The smallest absolute Gasteiger partial charge is 0.206 e. The number of nitrogens with zero attached hydrogens (tertiary/aromatic N) is 2. The number of nitro groups is 2. The van der Waals surface area contributed by atoms with Crippen molar-refractivity contribution in [2.75, 3.05) is 13.1 Å². The average Bonchev–Trinajstić information content (AvgIpc) is 3.13. The number of hydrogen-bond donors (Lipinski definition) is 0. The lowest BCUT2D eigenvalue weighted by Crippen LogP contribution is -2.29. The fraction of sp³-hybridized carbons (Fsp3) is 0.750. The zero-order valence-electron chi connectivity index (χ0n) is 19.9. The van der Waals surface area contributed by atoms with E-state index in [1.54, 1.807) is 26.0 Å². The highest BCUT2D eigenvalue weighted by molar-refractivity contribution is 5.83. The summed E-state index contributed by atoms with van der Waals surface area (Å²) in [6.45, 7) is 14.4. The Balaban J connectivity index is 0.000000320. The van der Waals surface area contributed by atoms with E-state index in [0.29, 0.717) is 12.8 Å². The Morgan fingerprint density at radius 3 is 1.38 bits per heavy atom. The van der Waals surface area contributed by atoms with Crippen LogP contribution in [0.3, 0.4) is 0 Å². The van der Waals surface area contributed by atoms with Crippen molar-refractivity contribution < 1.29 is 19.4 Å². The van der Waals surface area contributed by atoms with Crippen LogP contribution in [0.4, 0.5) is 0 Å². The van der Waals surface area contributed by atoms with Crippen LogP contribution in [0.25, 0.3) is 0 Å². The first-order valence-electron chi connectivity index (χ1n) is 11.3. The molecule has 0 radical (unpaired) electrons. The molecule has 2 aliphatic rings. The predicted molar refractivity (Wildman–Crippen MR) is 123 cm³/mol. The molecule has 2 rings (SSSR count). The average molecular weight is 451 g/mol. The molecule has 8 heteroatoms. The van der Waals surface area contributed by atoms with Crippen LogP contribution in [0.1, 0.15) is 66.2 Å². The highest BCUT2D eigenvalue weighted by Gasteiger charge is 2.48. The van der Waals surface area contributed by atoms with Gasteiger partial charge < -0.3 is 0 Å². The minimum atomic E-state index is -0.394. The normalized spacial score (nSPS) is 33.6. The van der Waals surface area contributed by atoms with Crippen molar-refractivity contribution in [3.05, 3.63) is 45.5 Å². The Bertz CT molecular complexity index is 689. The molecule has 0 aromatic rings. The van der Waals surface area contributed by atoms with Crippen LogP contribution in [-0.2, 0) is 9.59 Å². The quantitative estimate of drug-likeness (QED) is 0.264. The third-order valence-corrected chi connectivity index (χ3v) is 7.79. The summed E-state index contributed by atoms with van der Waals surface area (Å²) in [5.41, 5.74) is -0.788. The van der Waals surface area contributed by atoms with Gasteiger partial charge in [-0.15, -0.1) is 13.2 Å². The van der Waals surface area contributed by atoms with E-state index in [9.17, 15) is 29.8 Å². The van der Waals surface area contributed by atoms with E-state index < -0.39 is 10.8 Å².